The van der Waals surface area contributed by atoms with Gasteiger partial charge < -0.3 is 0 Å². The minimum atomic E-state index is 0.302. The largest absolute Gasteiger partial charge is 0.293 e. The lowest BCUT2D eigenvalue weighted by Crippen LogP contribution is -1.96. The van der Waals surface area contributed by atoms with Gasteiger partial charge in [0, 0.05) is 29.6 Å². The molecule has 2 heterocycles. The van der Waals surface area contributed by atoms with Gasteiger partial charge in [0.05, 0.1) is 10.6 Å². The summed E-state index contributed by atoms with van der Waals surface area (Å²) >= 11 is 1.59. The van der Waals surface area contributed by atoms with Crippen molar-refractivity contribution in [2.45, 2.75) is 19.8 Å². The van der Waals surface area contributed by atoms with E-state index in [9.17, 15) is 4.79 Å². The standard InChI is InChI=1S/C13H14N2OS/c1-8-10(7-15(2)14-8)11-5-6-12(17-11)13(16)9-3-4-9/h5-7,9H,3-4H2,1-2H3. The first-order valence-corrected chi connectivity index (χ1v) is 6.61. The second-order valence-electron chi connectivity index (χ2n) is 4.60. The van der Waals surface area contributed by atoms with Gasteiger partial charge in [0.25, 0.3) is 0 Å². The highest BCUT2D eigenvalue weighted by Gasteiger charge is 2.31. The Kier molecular flexibility index (Phi) is 2.40. The van der Waals surface area contributed by atoms with E-state index in [0.717, 1.165) is 33.9 Å². The maximum atomic E-state index is 11.9. The first kappa shape index (κ1) is 10.7. The number of hydrogen-bond donors (Lipinski definition) is 0. The molecule has 0 aliphatic heterocycles. The number of carbonyl (C=O) groups is 1. The summed E-state index contributed by atoms with van der Waals surface area (Å²) in [5, 5.41) is 4.33. The average Bonchev–Trinajstić information content (AvgIpc) is 2.93. The van der Waals surface area contributed by atoms with Gasteiger partial charge in [-0.25, -0.2) is 0 Å². The lowest BCUT2D eigenvalue weighted by atomic mass is 10.2. The SMILES string of the molecule is Cc1nn(C)cc1-c1ccc(C(=O)C2CC2)s1. The smallest absolute Gasteiger partial charge is 0.175 e. The number of ketones is 1. The zero-order valence-corrected chi connectivity index (χ0v) is 10.8. The molecule has 0 amide bonds. The molecule has 3 nitrogen and oxygen atoms in total. The molecule has 3 rings (SSSR count). The van der Waals surface area contributed by atoms with Crippen molar-refractivity contribution < 1.29 is 4.79 Å². The Morgan fingerprint density at radius 3 is 2.82 bits per heavy atom. The van der Waals surface area contributed by atoms with Crippen LogP contribution in [0.15, 0.2) is 18.3 Å². The normalized spacial score (nSPS) is 15.2. The zero-order chi connectivity index (χ0) is 12.0. The summed E-state index contributed by atoms with van der Waals surface area (Å²) in [5.74, 6) is 0.624. The van der Waals surface area contributed by atoms with Gasteiger partial charge in [-0.3, -0.25) is 9.48 Å². The summed E-state index contributed by atoms with van der Waals surface area (Å²) in [4.78, 5) is 14.0. The lowest BCUT2D eigenvalue weighted by molar-refractivity contribution is 0.0971. The van der Waals surface area contributed by atoms with E-state index in [1.165, 1.54) is 0 Å². The molecule has 0 radical (unpaired) electrons. The van der Waals surface area contributed by atoms with E-state index in [1.54, 1.807) is 11.3 Å². The van der Waals surface area contributed by atoms with Gasteiger partial charge in [0.1, 0.15) is 0 Å². The molecule has 0 saturated heterocycles. The first-order valence-electron chi connectivity index (χ1n) is 5.80. The molecule has 17 heavy (non-hydrogen) atoms. The number of thiophene rings is 1. The second-order valence-corrected chi connectivity index (χ2v) is 5.69. The molecule has 0 bridgehead atoms. The van der Waals surface area contributed by atoms with Gasteiger partial charge in [0.15, 0.2) is 5.78 Å². The number of nitrogens with zero attached hydrogens (tertiary/aromatic N) is 2. The zero-order valence-electron chi connectivity index (χ0n) is 9.93. The summed E-state index contributed by atoms with van der Waals surface area (Å²) in [5.41, 5.74) is 2.15. The number of aryl methyl sites for hydroxylation is 2. The van der Waals surface area contributed by atoms with Gasteiger partial charge in [0.2, 0.25) is 0 Å². The van der Waals surface area contributed by atoms with E-state index in [0.29, 0.717) is 11.7 Å². The summed E-state index contributed by atoms with van der Waals surface area (Å²) < 4.78 is 1.81. The van der Waals surface area contributed by atoms with Crippen molar-refractivity contribution in [2.75, 3.05) is 0 Å². The predicted molar refractivity (Wildman–Crippen MR) is 68.3 cm³/mol. The van der Waals surface area contributed by atoms with Crippen LogP contribution in [0.3, 0.4) is 0 Å². The fraction of sp³-hybridized carbons (Fsp3) is 0.385. The van der Waals surface area contributed by atoms with Crippen LogP contribution < -0.4 is 0 Å². The Morgan fingerprint density at radius 2 is 2.24 bits per heavy atom. The molecule has 0 aromatic carbocycles. The van der Waals surface area contributed by atoms with Crippen LogP contribution in [-0.2, 0) is 7.05 Å². The first-order chi connectivity index (χ1) is 8.15. The Labute approximate surface area is 104 Å². The van der Waals surface area contributed by atoms with Gasteiger partial charge in [-0.1, -0.05) is 0 Å². The molecular formula is C13H14N2OS. The third kappa shape index (κ3) is 1.93. The van der Waals surface area contributed by atoms with Gasteiger partial charge in [-0.15, -0.1) is 11.3 Å². The maximum absolute atomic E-state index is 11.9. The van der Waals surface area contributed by atoms with Crippen molar-refractivity contribution in [3.05, 3.63) is 28.9 Å². The van der Waals surface area contributed by atoms with E-state index in [1.807, 2.05) is 37.0 Å². The van der Waals surface area contributed by atoms with Crippen LogP contribution in [0.5, 0.6) is 0 Å². The van der Waals surface area contributed by atoms with E-state index < -0.39 is 0 Å². The predicted octanol–water partition coefficient (Wildman–Crippen LogP) is 3.05. The van der Waals surface area contributed by atoms with Crippen LogP contribution in [0.4, 0.5) is 0 Å². The minimum Gasteiger partial charge on any atom is -0.293 e. The van der Waals surface area contributed by atoms with Crippen LogP contribution in [0.2, 0.25) is 0 Å². The quantitative estimate of drug-likeness (QED) is 0.780. The van der Waals surface area contributed by atoms with Crippen LogP contribution >= 0.6 is 11.3 Å². The highest BCUT2D eigenvalue weighted by atomic mass is 32.1. The van der Waals surface area contributed by atoms with Crippen molar-refractivity contribution in [1.82, 2.24) is 9.78 Å². The topological polar surface area (TPSA) is 34.9 Å². The van der Waals surface area contributed by atoms with E-state index in [4.69, 9.17) is 0 Å². The summed E-state index contributed by atoms with van der Waals surface area (Å²) in [6.07, 6.45) is 4.14. The Hall–Kier alpha value is -1.42. The summed E-state index contributed by atoms with van der Waals surface area (Å²) in [6, 6.07) is 3.98. The molecule has 0 atom stereocenters. The van der Waals surface area contributed by atoms with Crippen LogP contribution in [-0.4, -0.2) is 15.6 Å². The molecule has 1 aliphatic rings. The Balaban J connectivity index is 1.94. The molecule has 1 aliphatic carbocycles. The van der Waals surface area contributed by atoms with E-state index in [2.05, 4.69) is 5.10 Å². The number of Topliss-reactive ketones (excluding diaryl/α,β-unsaturated/α-hetero) is 1. The summed E-state index contributed by atoms with van der Waals surface area (Å²) in [6.45, 7) is 2.00. The molecule has 0 N–H and O–H groups in total. The minimum absolute atomic E-state index is 0.302. The number of rotatable bonds is 3. The second kappa shape index (κ2) is 3.81. The van der Waals surface area contributed by atoms with Gasteiger partial charge in [-0.05, 0) is 31.9 Å². The average molecular weight is 246 g/mol. The Morgan fingerprint density at radius 1 is 1.47 bits per heavy atom. The number of carbonyl (C=O) groups excluding carboxylic acids is 1. The van der Waals surface area contributed by atoms with Crippen LogP contribution in [0.25, 0.3) is 10.4 Å². The van der Waals surface area contributed by atoms with Gasteiger partial charge in [-0.2, -0.15) is 5.10 Å². The molecule has 2 aromatic heterocycles. The fourth-order valence-corrected chi connectivity index (χ4v) is 3.09. The lowest BCUT2D eigenvalue weighted by Gasteiger charge is -1.93. The molecule has 0 spiro atoms. The van der Waals surface area contributed by atoms with Crippen molar-refractivity contribution in [1.29, 1.82) is 0 Å². The molecule has 1 fully saturated rings. The maximum Gasteiger partial charge on any atom is 0.175 e. The molecular weight excluding hydrogens is 232 g/mol. The third-order valence-corrected chi connectivity index (χ3v) is 4.21. The van der Waals surface area contributed by atoms with Crippen molar-refractivity contribution in [3.8, 4) is 10.4 Å². The van der Waals surface area contributed by atoms with E-state index in [-0.39, 0.29) is 0 Å². The molecule has 4 heteroatoms. The van der Waals surface area contributed by atoms with Crippen LogP contribution in [0, 0.1) is 12.8 Å². The molecule has 1 saturated carbocycles. The number of aromatic nitrogens is 2. The van der Waals surface area contributed by atoms with Crippen LogP contribution in [0.1, 0.15) is 28.2 Å². The van der Waals surface area contributed by atoms with Gasteiger partial charge >= 0.3 is 0 Å². The van der Waals surface area contributed by atoms with E-state index >= 15 is 0 Å². The molecule has 0 unspecified atom stereocenters. The molecule has 88 valence electrons. The van der Waals surface area contributed by atoms with Crippen molar-refractivity contribution >= 4 is 17.1 Å². The third-order valence-electron chi connectivity index (χ3n) is 3.08. The highest BCUT2D eigenvalue weighted by molar-refractivity contribution is 7.17. The highest BCUT2D eigenvalue weighted by Crippen LogP contribution is 2.37. The monoisotopic (exact) mass is 246 g/mol. The van der Waals surface area contributed by atoms with Crippen molar-refractivity contribution in [2.24, 2.45) is 13.0 Å². The number of hydrogen-bond acceptors (Lipinski definition) is 3. The molecule has 2 aromatic rings. The Bertz CT molecular complexity index is 578. The van der Waals surface area contributed by atoms with Crippen molar-refractivity contribution in [3.63, 3.8) is 0 Å². The summed E-state index contributed by atoms with van der Waals surface area (Å²) in [7, 11) is 1.92. The fourth-order valence-electron chi connectivity index (χ4n) is 2.00.